The van der Waals surface area contributed by atoms with Gasteiger partial charge in [-0.3, -0.25) is 9.59 Å². The number of rotatable bonds is 4. The Kier molecular flexibility index (Phi) is 4.76. The molecular weight excluding hydrogens is 204 g/mol. The average Bonchev–Trinajstić information content (AvgIpc) is 2.80. The van der Waals surface area contributed by atoms with E-state index in [4.69, 9.17) is 0 Å². The molecule has 0 saturated carbocycles. The highest BCUT2D eigenvalue weighted by Gasteiger charge is 2.27. The highest BCUT2D eigenvalue weighted by Crippen LogP contribution is 2.08. The van der Waals surface area contributed by atoms with Gasteiger partial charge < -0.3 is 9.80 Å². The summed E-state index contributed by atoms with van der Waals surface area (Å²) in [6.45, 7) is 9.29. The molecule has 1 fully saturated rings. The standard InChI is InChI=1S/C12H18N2O2/c1-3-7-13(8-4-2)11(15)12(16)14-9-5-6-10-14/h3-4H,1-2,5-10H2. The topological polar surface area (TPSA) is 40.6 Å². The van der Waals surface area contributed by atoms with E-state index < -0.39 is 11.8 Å². The average molecular weight is 222 g/mol. The van der Waals surface area contributed by atoms with E-state index in [-0.39, 0.29) is 0 Å². The van der Waals surface area contributed by atoms with Crippen molar-refractivity contribution in [1.82, 2.24) is 9.80 Å². The van der Waals surface area contributed by atoms with Crippen LogP contribution >= 0.6 is 0 Å². The first-order valence-electron chi connectivity index (χ1n) is 5.50. The van der Waals surface area contributed by atoms with E-state index in [0.717, 1.165) is 12.8 Å². The fourth-order valence-corrected chi connectivity index (χ4v) is 1.74. The van der Waals surface area contributed by atoms with Gasteiger partial charge in [-0.05, 0) is 12.8 Å². The highest BCUT2D eigenvalue weighted by molar-refractivity contribution is 6.35. The summed E-state index contributed by atoms with van der Waals surface area (Å²) in [4.78, 5) is 26.7. The van der Waals surface area contributed by atoms with Crippen molar-refractivity contribution < 1.29 is 9.59 Å². The normalized spacial score (nSPS) is 14.6. The molecule has 0 spiro atoms. The van der Waals surface area contributed by atoms with Crippen molar-refractivity contribution in [2.45, 2.75) is 12.8 Å². The van der Waals surface area contributed by atoms with Gasteiger partial charge in [0.2, 0.25) is 0 Å². The lowest BCUT2D eigenvalue weighted by molar-refractivity contribution is -0.150. The molecule has 4 nitrogen and oxygen atoms in total. The number of nitrogens with zero attached hydrogens (tertiary/aromatic N) is 2. The zero-order valence-corrected chi connectivity index (χ0v) is 9.52. The molecule has 1 rings (SSSR count). The van der Waals surface area contributed by atoms with Gasteiger partial charge >= 0.3 is 11.8 Å². The number of hydrogen-bond acceptors (Lipinski definition) is 2. The summed E-state index contributed by atoms with van der Waals surface area (Å²) < 4.78 is 0. The van der Waals surface area contributed by atoms with Gasteiger partial charge in [-0.1, -0.05) is 12.2 Å². The number of hydrogen-bond donors (Lipinski definition) is 0. The molecule has 0 unspecified atom stereocenters. The van der Waals surface area contributed by atoms with Gasteiger partial charge in [0.25, 0.3) is 0 Å². The lowest BCUT2D eigenvalue weighted by Gasteiger charge is -2.22. The van der Waals surface area contributed by atoms with Crippen molar-refractivity contribution in [1.29, 1.82) is 0 Å². The van der Waals surface area contributed by atoms with Gasteiger partial charge in [0.15, 0.2) is 0 Å². The summed E-state index contributed by atoms with van der Waals surface area (Å²) in [6, 6.07) is 0. The number of likely N-dealkylation sites (tertiary alicyclic amines) is 1. The van der Waals surface area contributed by atoms with Crippen molar-refractivity contribution in [3.63, 3.8) is 0 Å². The summed E-state index contributed by atoms with van der Waals surface area (Å²) in [7, 11) is 0. The van der Waals surface area contributed by atoms with E-state index in [9.17, 15) is 9.59 Å². The molecule has 0 radical (unpaired) electrons. The molecular formula is C12H18N2O2. The van der Waals surface area contributed by atoms with Crippen molar-refractivity contribution >= 4 is 11.8 Å². The molecule has 4 heteroatoms. The zero-order valence-electron chi connectivity index (χ0n) is 9.52. The minimum atomic E-state index is -0.457. The molecule has 0 aromatic rings. The van der Waals surface area contributed by atoms with E-state index in [2.05, 4.69) is 13.2 Å². The maximum atomic E-state index is 11.8. The van der Waals surface area contributed by atoms with Gasteiger partial charge in [-0.25, -0.2) is 0 Å². The first kappa shape index (κ1) is 12.5. The Morgan fingerprint density at radius 1 is 1.12 bits per heavy atom. The molecule has 0 atom stereocenters. The first-order valence-corrected chi connectivity index (χ1v) is 5.50. The third-order valence-corrected chi connectivity index (χ3v) is 2.56. The Hall–Kier alpha value is -1.58. The van der Waals surface area contributed by atoms with Gasteiger partial charge in [-0.2, -0.15) is 0 Å². The molecule has 0 N–H and O–H groups in total. The third-order valence-electron chi connectivity index (χ3n) is 2.56. The molecule has 88 valence electrons. The summed E-state index contributed by atoms with van der Waals surface area (Å²) in [6.07, 6.45) is 5.20. The van der Waals surface area contributed by atoms with Crippen LogP contribution < -0.4 is 0 Å². The van der Waals surface area contributed by atoms with Crippen molar-refractivity contribution in [2.75, 3.05) is 26.2 Å². The number of carbonyl (C=O) groups excluding carboxylic acids is 2. The van der Waals surface area contributed by atoms with Crippen LogP contribution in [-0.2, 0) is 9.59 Å². The first-order chi connectivity index (χ1) is 7.70. The smallest absolute Gasteiger partial charge is 0.312 e. The minimum absolute atomic E-state index is 0.379. The van der Waals surface area contributed by atoms with Crippen LogP contribution in [0.4, 0.5) is 0 Å². The molecule has 0 aromatic heterocycles. The predicted molar refractivity (Wildman–Crippen MR) is 62.8 cm³/mol. The van der Waals surface area contributed by atoms with Gasteiger partial charge in [0.1, 0.15) is 0 Å². The molecule has 0 aromatic carbocycles. The lowest BCUT2D eigenvalue weighted by Crippen LogP contribution is -2.44. The fourth-order valence-electron chi connectivity index (χ4n) is 1.74. The van der Waals surface area contributed by atoms with Crippen LogP contribution in [0.2, 0.25) is 0 Å². The summed E-state index contributed by atoms with van der Waals surface area (Å²) in [5.74, 6) is -0.858. The summed E-state index contributed by atoms with van der Waals surface area (Å²) in [5, 5.41) is 0. The van der Waals surface area contributed by atoms with Crippen LogP contribution in [0.25, 0.3) is 0 Å². The zero-order chi connectivity index (χ0) is 12.0. The van der Waals surface area contributed by atoms with Crippen LogP contribution in [0.1, 0.15) is 12.8 Å². The Labute approximate surface area is 96.2 Å². The Morgan fingerprint density at radius 2 is 1.62 bits per heavy atom. The molecule has 1 heterocycles. The minimum Gasteiger partial charge on any atom is -0.334 e. The molecule has 1 aliphatic heterocycles. The Morgan fingerprint density at radius 3 is 2.06 bits per heavy atom. The Balaban J connectivity index is 2.61. The van der Waals surface area contributed by atoms with Crippen LogP contribution in [-0.4, -0.2) is 47.8 Å². The highest BCUT2D eigenvalue weighted by atomic mass is 16.2. The quantitative estimate of drug-likeness (QED) is 0.521. The van der Waals surface area contributed by atoms with Gasteiger partial charge in [0.05, 0.1) is 0 Å². The van der Waals surface area contributed by atoms with Crippen LogP contribution in [0.3, 0.4) is 0 Å². The SMILES string of the molecule is C=CCN(CC=C)C(=O)C(=O)N1CCCC1. The van der Waals surface area contributed by atoms with Crippen molar-refractivity contribution in [3.8, 4) is 0 Å². The maximum absolute atomic E-state index is 11.8. The lowest BCUT2D eigenvalue weighted by atomic mass is 10.3. The second kappa shape index (κ2) is 6.10. The van der Waals surface area contributed by atoms with Crippen molar-refractivity contribution in [2.24, 2.45) is 0 Å². The molecule has 2 amide bonds. The van der Waals surface area contributed by atoms with Crippen molar-refractivity contribution in [3.05, 3.63) is 25.3 Å². The van der Waals surface area contributed by atoms with E-state index in [0.29, 0.717) is 26.2 Å². The Bertz CT molecular complexity index is 283. The second-order valence-electron chi connectivity index (χ2n) is 3.79. The fraction of sp³-hybridized carbons (Fsp3) is 0.500. The molecule has 1 saturated heterocycles. The number of carbonyl (C=O) groups is 2. The van der Waals surface area contributed by atoms with Crippen LogP contribution in [0.5, 0.6) is 0 Å². The predicted octanol–water partition coefficient (Wildman–Crippen LogP) is 0.809. The van der Waals surface area contributed by atoms with E-state index in [1.807, 2.05) is 0 Å². The largest absolute Gasteiger partial charge is 0.334 e. The molecule has 16 heavy (non-hydrogen) atoms. The van der Waals surface area contributed by atoms with E-state index in [1.165, 1.54) is 4.90 Å². The summed E-state index contributed by atoms with van der Waals surface area (Å²) >= 11 is 0. The molecule has 0 bridgehead atoms. The van der Waals surface area contributed by atoms with E-state index in [1.54, 1.807) is 17.1 Å². The van der Waals surface area contributed by atoms with Gasteiger partial charge in [-0.15, -0.1) is 13.2 Å². The summed E-state index contributed by atoms with van der Waals surface area (Å²) in [5.41, 5.74) is 0. The van der Waals surface area contributed by atoms with E-state index >= 15 is 0 Å². The molecule has 1 aliphatic rings. The van der Waals surface area contributed by atoms with Crippen LogP contribution in [0, 0.1) is 0 Å². The molecule has 0 aliphatic carbocycles. The third kappa shape index (κ3) is 2.95. The number of amides is 2. The maximum Gasteiger partial charge on any atom is 0.312 e. The second-order valence-corrected chi connectivity index (χ2v) is 3.79. The monoisotopic (exact) mass is 222 g/mol. The van der Waals surface area contributed by atoms with Gasteiger partial charge in [0, 0.05) is 26.2 Å². The van der Waals surface area contributed by atoms with Crippen LogP contribution in [0.15, 0.2) is 25.3 Å².